The van der Waals surface area contributed by atoms with Crippen LogP contribution in [0.15, 0.2) is 18.2 Å². The highest BCUT2D eigenvalue weighted by atomic mass is 16.7. The maximum Gasteiger partial charge on any atom is 0.410 e. The van der Waals surface area contributed by atoms with Crippen LogP contribution in [0.2, 0.25) is 0 Å². The number of fused-ring (bicyclic) bond motifs is 1. The van der Waals surface area contributed by atoms with Gasteiger partial charge in [0.2, 0.25) is 11.8 Å². The Morgan fingerprint density at radius 3 is 2.28 bits per heavy atom. The van der Waals surface area contributed by atoms with Crippen molar-refractivity contribution in [3.8, 4) is 0 Å². The summed E-state index contributed by atoms with van der Waals surface area (Å²) in [7, 11) is 3.11. The van der Waals surface area contributed by atoms with Gasteiger partial charge in [-0.2, -0.15) is 0 Å². The molecule has 0 spiro atoms. The Morgan fingerprint density at radius 2 is 1.70 bits per heavy atom. The largest absolute Gasteiger partial charge is 0.444 e. The molecule has 2 fully saturated rings. The number of benzene rings is 1. The molecule has 236 valence electrons. The summed E-state index contributed by atoms with van der Waals surface area (Å²) in [5.41, 5.74) is 0.306. The quantitative estimate of drug-likeness (QED) is 0.315. The van der Waals surface area contributed by atoms with Crippen molar-refractivity contribution < 1.29 is 38.2 Å². The number of carbonyl (C=O) groups excluding carboxylic acids is 5. The summed E-state index contributed by atoms with van der Waals surface area (Å²) in [5.74, 6) is -3.16. The molecule has 12 nitrogen and oxygen atoms in total. The van der Waals surface area contributed by atoms with E-state index in [2.05, 4.69) is 5.32 Å². The number of anilines is 1. The van der Waals surface area contributed by atoms with E-state index in [-0.39, 0.29) is 30.1 Å². The first kappa shape index (κ1) is 32.4. The molecule has 3 heterocycles. The van der Waals surface area contributed by atoms with Gasteiger partial charge in [0.15, 0.2) is 0 Å². The molecule has 0 saturated carbocycles. The van der Waals surface area contributed by atoms with E-state index in [1.165, 1.54) is 0 Å². The van der Waals surface area contributed by atoms with E-state index in [1.54, 1.807) is 37.3 Å². The lowest BCUT2D eigenvalue weighted by Gasteiger charge is -2.44. The SMILES string of the molecule is CCCC(OC)(OC)N(CCC1CCN(C(=O)OC(C)(C)C)CC1)c1cccc2c1C(=O)N(C1CCC(=O)NC1=O)C2=O. The van der Waals surface area contributed by atoms with Crippen molar-refractivity contribution in [2.75, 3.05) is 38.8 Å². The molecule has 12 heteroatoms. The number of hydrogen-bond acceptors (Lipinski definition) is 9. The predicted octanol–water partition coefficient (Wildman–Crippen LogP) is 3.68. The molecule has 1 aromatic rings. The lowest BCUT2D eigenvalue weighted by Crippen LogP contribution is -2.55. The standard InChI is InChI=1S/C31H44N4O8/c1-7-16-31(41-5,42-6)34(19-15-20-13-17-33(18-14-20)29(40)43-30(2,3)4)22-10-8-9-21-25(22)28(39)35(27(21)38)23-11-12-24(36)32-26(23)37/h8-10,20,23H,7,11-19H2,1-6H3,(H,32,36,37). The molecule has 0 radical (unpaired) electrons. The number of imide groups is 2. The van der Waals surface area contributed by atoms with Crippen LogP contribution in [0.3, 0.4) is 0 Å². The van der Waals surface area contributed by atoms with Crippen LogP contribution in [0.5, 0.6) is 0 Å². The van der Waals surface area contributed by atoms with Gasteiger partial charge in [0.25, 0.3) is 17.7 Å². The minimum Gasteiger partial charge on any atom is -0.444 e. The lowest BCUT2D eigenvalue weighted by molar-refractivity contribution is -0.211. The molecular weight excluding hydrogens is 556 g/mol. The van der Waals surface area contributed by atoms with Gasteiger partial charge < -0.3 is 24.0 Å². The van der Waals surface area contributed by atoms with Gasteiger partial charge in [-0.25, -0.2) is 4.79 Å². The van der Waals surface area contributed by atoms with Crippen molar-refractivity contribution in [1.82, 2.24) is 15.1 Å². The summed E-state index contributed by atoms with van der Waals surface area (Å²) < 4.78 is 17.5. The van der Waals surface area contributed by atoms with Gasteiger partial charge in [-0.1, -0.05) is 13.0 Å². The summed E-state index contributed by atoms with van der Waals surface area (Å²) in [5, 5.41) is 2.24. The van der Waals surface area contributed by atoms with Crippen molar-refractivity contribution in [2.24, 2.45) is 5.92 Å². The van der Waals surface area contributed by atoms with Gasteiger partial charge in [0.1, 0.15) is 11.6 Å². The van der Waals surface area contributed by atoms with Crippen LogP contribution in [-0.2, 0) is 23.8 Å². The van der Waals surface area contributed by atoms with Gasteiger partial charge in [-0.15, -0.1) is 0 Å². The topological polar surface area (TPSA) is 135 Å². The van der Waals surface area contributed by atoms with Crippen LogP contribution >= 0.6 is 0 Å². The zero-order valence-electron chi connectivity index (χ0n) is 26.1. The first-order chi connectivity index (χ1) is 20.4. The van der Waals surface area contributed by atoms with E-state index in [0.29, 0.717) is 37.7 Å². The third kappa shape index (κ3) is 6.70. The molecule has 1 aromatic carbocycles. The number of nitrogens with zero attached hydrogens (tertiary/aromatic N) is 3. The molecule has 5 amide bonds. The van der Waals surface area contributed by atoms with Gasteiger partial charge in [-0.3, -0.25) is 29.4 Å². The summed E-state index contributed by atoms with van der Waals surface area (Å²) in [6.07, 6.45) is 3.33. The first-order valence-corrected chi connectivity index (χ1v) is 15.1. The average molecular weight is 601 g/mol. The number of ether oxygens (including phenoxy) is 3. The number of hydrogen-bond donors (Lipinski definition) is 1. The zero-order valence-corrected chi connectivity index (χ0v) is 26.1. The average Bonchev–Trinajstić information content (AvgIpc) is 3.21. The number of methoxy groups -OCH3 is 2. The summed E-state index contributed by atoms with van der Waals surface area (Å²) in [4.78, 5) is 69.0. The van der Waals surface area contributed by atoms with Crippen molar-refractivity contribution in [2.45, 2.75) is 90.2 Å². The fourth-order valence-electron chi connectivity index (χ4n) is 6.20. The van der Waals surface area contributed by atoms with Gasteiger partial charge in [-0.05, 0) is 70.9 Å². The van der Waals surface area contributed by atoms with Crippen LogP contribution in [0.4, 0.5) is 10.5 Å². The summed E-state index contributed by atoms with van der Waals surface area (Å²) >= 11 is 0. The molecule has 3 aliphatic heterocycles. The van der Waals surface area contributed by atoms with Crippen LogP contribution < -0.4 is 10.2 Å². The molecule has 1 N–H and O–H groups in total. The van der Waals surface area contributed by atoms with Gasteiger partial charge in [0.05, 0.1) is 16.8 Å². The molecule has 4 rings (SSSR count). The van der Waals surface area contributed by atoms with Crippen LogP contribution in [0, 0.1) is 5.92 Å². The fourth-order valence-corrected chi connectivity index (χ4v) is 6.20. The molecule has 43 heavy (non-hydrogen) atoms. The highest BCUT2D eigenvalue weighted by Gasteiger charge is 2.48. The van der Waals surface area contributed by atoms with E-state index in [4.69, 9.17) is 14.2 Å². The Kier molecular flexibility index (Phi) is 9.80. The highest BCUT2D eigenvalue weighted by molar-refractivity contribution is 6.25. The molecule has 1 atom stereocenters. The minimum atomic E-state index is -1.22. The molecule has 3 aliphatic rings. The van der Waals surface area contributed by atoms with Crippen LogP contribution in [0.1, 0.15) is 93.4 Å². The lowest BCUT2D eigenvalue weighted by atomic mass is 9.93. The number of piperidine rings is 2. The summed E-state index contributed by atoms with van der Waals surface area (Å²) in [6.45, 7) is 9.18. The zero-order chi connectivity index (χ0) is 31.5. The van der Waals surface area contributed by atoms with E-state index < -0.39 is 41.2 Å². The second-order valence-corrected chi connectivity index (χ2v) is 12.4. The van der Waals surface area contributed by atoms with Crippen molar-refractivity contribution in [3.63, 3.8) is 0 Å². The first-order valence-electron chi connectivity index (χ1n) is 15.1. The Hall–Kier alpha value is -3.51. The Bertz CT molecular complexity index is 1250. The van der Waals surface area contributed by atoms with Crippen molar-refractivity contribution >= 4 is 35.4 Å². The number of likely N-dealkylation sites (tertiary alicyclic amines) is 1. The molecular formula is C31H44N4O8. The predicted molar refractivity (Wildman–Crippen MR) is 157 cm³/mol. The van der Waals surface area contributed by atoms with E-state index in [9.17, 15) is 24.0 Å². The maximum absolute atomic E-state index is 13.9. The van der Waals surface area contributed by atoms with E-state index >= 15 is 0 Å². The minimum absolute atomic E-state index is 0.0441. The van der Waals surface area contributed by atoms with Crippen molar-refractivity contribution in [1.29, 1.82) is 0 Å². The second-order valence-electron chi connectivity index (χ2n) is 12.4. The molecule has 0 bridgehead atoms. The normalized spacial score (nSPS) is 19.9. The number of nitrogens with one attached hydrogen (secondary N) is 1. The third-order valence-electron chi connectivity index (χ3n) is 8.38. The van der Waals surface area contributed by atoms with Crippen LogP contribution in [-0.4, -0.2) is 90.9 Å². The van der Waals surface area contributed by atoms with Crippen LogP contribution in [0.25, 0.3) is 0 Å². The van der Waals surface area contributed by atoms with Gasteiger partial charge >= 0.3 is 6.09 Å². The third-order valence-corrected chi connectivity index (χ3v) is 8.38. The van der Waals surface area contributed by atoms with E-state index in [1.807, 2.05) is 32.6 Å². The Morgan fingerprint density at radius 1 is 1.02 bits per heavy atom. The van der Waals surface area contributed by atoms with Gasteiger partial charge in [0, 0.05) is 46.7 Å². The van der Waals surface area contributed by atoms with Crippen molar-refractivity contribution in [3.05, 3.63) is 29.3 Å². The second kappa shape index (κ2) is 13.0. The molecule has 1 unspecified atom stereocenters. The number of rotatable bonds is 10. The molecule has 2 saturated heterocycles. The molecule has 0 aliphatic carbocycles. The molecule has 0 aromatic heterocycles. The monoisotopic (exact) mass is 600 g/mol. The number of carbonyl (C=O) groups is 5. The highest BCUT2D eigenvalue weighted by Crippen LogP contribution is 2.39. The number of amides is 5. The fraction of sp³-hybridized carbons (Fsp3) is 0.645. The summed E-state index contributed by atoms with van der Waals surface area (Å²) in [6, 6.07) is 4.00. The maximum atomic E-state index is 13.9. The van der Waals surface area contributed by atoms with E-state index in [0.717, 1.165) is 30.6 Å². The Labute approximate surface area is 253 Å². The smallest absolute Gasteiger partial charge is 0.410 e. The Balaban J connectivity index is 1.60.